The molecule has 1 heterocycles. The third-order valence-electron chi connectivity index (χ3n) is 5.07. The molecule has 4 rings (SSSR count). The van der Waals surface area contributed by atoms with Crippen molar-refractivity contribution in [3.05, 3.63) is 107 Å². The van der Waals surface area contributed by atoms with Gasteiger partial charge in [-0.15, -0.1) is 0 Å². The second-order valence-electron chi connectivity index (χ2n) is 7.49. The van der Waals surface area contributed by atoms with Crippen LogP contribution in [0.2, 0.25) is 0 Å². The number of para-hydroxylation sites is 1. The molecule has 4 aromatic rings. The first-order valence-corrected chi connectivity index (χ1v) is 11.8. The molecule has 0 amide bonds. The highest BCUT2D eigenvalue weighted by Gasteiger charge is 2.33. The Morgan fingerprint density at radius 2 is 1.46 bits per heavy atom. The second-order valence-corrected chi connectivity index (χ2v) is 9.32. The molecule has 0 radical (unpaired) electrons. The molecular weight excluding hydrogens is 484 g/mol. The first kappa shape index (κ1) is 24.2. The SMILES string of the molecule is Cc1c(F)c(F)c(F)c(F)c1S(=O)(=O)c1cccc(NCc2cccc(Oc3ccccc3)c2)n1. The van der Waals surface area contributed by atoms with E-state index >= 15 is 0 Å². The summed E-state index contributed by atoms with van der Waals surface area (Å²) in [4.78, 5) is 2.65. The van der Waals surface area contributed by atoms with Gasteiger partial charge in [0.1, 0.15) is 22.2 Å². The number of aromatic nitrogens is 1. The molecule has 0 unspecified atom stereocenters. The molecule has 1 aromatic heterocycles. The summed E-state index contributed by atoms with van der Waals surface area (Å²) in [6, 6.07) is 20.2. The topological polar surface area (TPSA) is 68.3 Å². The molecule has 10 heteroatoms. The van der Waals surface area contributed by atoms with Crippen LogP contribution in [0.25, 0.3) is 0 Å². The number of nitrogens with one attached hydrogen (secondary N) is 1. The number of rotatable bonds is 7. The Morgan fingerprint density at radius 1 is 0.800 bits per heavy atom. The van der Waals surface area contributed by atoms with Gasteiger partial charge < -0.3 is 10.1 Å². The molecule has 0 atom stereocenters. The van der Waals surface area contributed by atoms with E-state index in [0.29, 0.717) is 11.5 Å². The van der Waals surface area contributed by atoms with Crippen LogP contribution in [-0.2, 0) is 16.4 Å². The quantitative estimate of drug-likeness (QED) is 0.141. The molecule has 0 fully saturated rings. The molecule has 5 nitrogen and oxygen atoms in total. The van der Waals surface area contributed by atoms with Crippen LogP contribution in [0.15, 0.2) is 82.7 Å². The molecule has 0 aliphatic heterocycles. The van der Waals surface area contributed by atoms with E-state index in [9.17, 15) is 26.0 Å². The minimum atomic E-state index is -4.80. The Bertz CT molecular complexity index is 1470. The van der Waals surface area contributed by atoms with Gasteiger partial charge in [0.05, 0.1) is 0 Å². The van der Waals surface area contributed by atoms with Gasteiger partial charge in [-0.1, -0.05) is 36.4 Å². The largest absolute Gasteiger partial charge is 0.457 e. The number of hydrogen-bond acceptors (Lipinski definition) is 5. The molecule has 35 heavy (non-hydrogen) atoms. The zero-order valence-electron chi connectivity index (χ0n) is 18.2. The van der Waals surface area contributed by atoms with Gasteiger partial charge in [-0.05, 0) is 48.9 Å². The maximum absolute atomic E-state index is 14.3. The Morgan fingerprint density at radius 3 is 2.20 bits per heavy atom. The summed E-state index contributed by atoms with van der Waals surface area (Å²) in [6.45, 7) is 1.08. The molecule has 0 spiro atoms. The van der Waals surface area contributed by atoms with Gasteiger partial charge in [-0.2, -0.15) is 0 Å². The smallest absolute Gasteiger partial charge is 0.227 e. The minimum Gasteiger partial charge on any atom is -0.457 e. The number of sulfone groups is 1. The minimum absolute atomic E-state index is 0.113. The fraction of sp³-hybridized carbons (Fsp3) is 0.0800. The average molecular weight is 502 g/mol. The first-order chi connectivity index (χ1) is 16.7. The summed E-state index contributed by atoms with van der Waals surface area (Å²) >= 11 is 0. The number of nitrogens with zero attached hydrogens (tertiary/aromatic N) is 1. The fourth-order valence-corrected chi connectivity index (χ4v) is 4.85. The lowest BCUT2D eigenvalue weighted by Crippen LogP contribution is -2.14. The van der Waals surface area contributed by atoms with E-state index in [1.54, 1.807) is 18.2 Å². The predicted molar refractivity (Wildman–Crippen MR) is 121 cm³/mol. The van der Waals surface area contributed by atoms with E-state index in [2.05, 4.69) is 10.3 Å². The predicted octanol–water partition coefficient (Wildman–Crippen LogP) is 6.18. The third-order valence-corrected chi connectivity index (χ3v) is 6.87. The lowest BCUT2D eigenvalue weighted by molar-refractivity contribution is 0.392. The second kappa shape index (κ2) is 9.75. The average Bonchev–Trinajstić information content (AvgIpc) is 2.86. The molecule has 1 N–H and O–H groups in total. The van der Waals surface area contributed by atoms with Crippen LogP contribution in [0.4, 0.5) is 23.4 Å². The monoisotopic (exact) mass is 502 g/mol. The number of anilines is 1. The fourth-order valence-electron chi connectivity index (χ4n) is 3.34. The van der Waals surface area contributed by atoms with E-state index in [4.69, 9.17) is 4.74 Å². The molecule has 0 saturated heterocycles. The third kappa shape index (κ3) is 4.97. The number of ether oxygens (including phenoxy) is 1. The Labute approximate surface area is 199 Å². The Balaban J connectivity index is 1.56. The molecule has 180 valence electrons. The van der Waals surface area contributed by atoms with Crippen LogP contribution in [0.5, 0.6) is 11.5 Å². The standard InChI is InChI=1S/C25H18F4N2O3S/c1-15-21(26)22(27)23(28)24(29)25(15)35(32,33)20-12-6-11-19(31-20)30-14-16-7-5-10-18(13-16)34-17-8-3-2-4-9-17/h2-13H,14H2,1H3,(H,30,31). The maximum Gasteiger partial charge on any atom is 0.227 e. The van der Waals surface area contributed by atoms with Gasteiger partial charge in [-0.25, -0.2) is 31.0 Å². The highest BCUT2D eigenvalue weighted by molar-refractivity contribution is 7.91. The Hall–Kier alpha value is -3.92. The van der Waals surface area contributed by atoms with E-state index in [-0.39, 0.29) is 12.4 Å². The van der Waals surface area contributed by atoms with E-state index in [1.165, 1.54) is 12.1 Å². The molecule has 3 aromatic carbocycles. The van der Waals surface area contributed by atoms with E-state index < -0.39 is 48.6 Å². The summed E-state index contributed by atoms with van der Waals surface area (Å²) in [7, 11) is -4.80. The van der Waals surface area contributed by atoms with Crippen molar-refractivity contribution in [3.8, 4) is 11.5 Å². The normalized spacial score (nSPS) is 11.3. The number of benzene rings is 3. The molecule has 0 saturated carbocycles. The molecule has 0 aliphatic rings. The van der Waals surface area contributed by atoms with E-state index in [1.807, 2.05) is 36.4 Å². The first-order valence-electron chi connectivity index (χ1n) is 10.3. The highest BCUT2D eigenvalue weighted by Crippen LogP contribution is 2.31. The van der Waals surface area contributed by atoms with Crippen molar-refractivity contribution in [1.29, 1.82) is 0 Å². The van der Waals surface area contributed by atoms with Crippen LogP contribution < -0.4 is 10.1 Å². The van der Waals surface area contributed by atoms with Crippen LogP contribution >= 0.6 is 0 Å². The van der Waals surface area contributed by atoms with Crippen molar-refractivity contribution in [3.63, 3.8) is 0 Å². The maximum atomic E-state index is 14.3. The summed E-state index contributed by atoms with van der Waals surface area (Å²) in [6.07, 6.45) is 0. The van der Waals surface area contributed by atoms with Gasteiger partial charge >= 0.3 is 0 Å². The summed E-state index contributed by atoms with van der Waals surface area (Å²) in [5.74, 6) is -6.72. The summed E-state index contributed by atoms with van der Waals surface area (Å²) in [5.41, 5.74) is -0.0881. The Kier molecular flexibility index (Phi) is 6.74. The lowest BCUT2D eigenvalue weighted by Gasteiger charge is -2.12. The van der Waals surface area contributed by atoms with Crippen molar-refractivity contribution in [2.24, 2.45) is 0 Å². The van der Waals surface area contributed by atoms with Crippen LogP contribution in [0, 0.1) is 30.2 Å². The van der Waals surface area contributed by atoms with E-state index in [0.717, 1.165) is 18.6 Å². The van der Waals surface area contributed by atoms with Crippen molar-refractivity contribution >= 4 is 15.7 Å². The van der Waals surface area contributed by atoms with Crippen molar-refractivity contribution in [2.45, 2.75) is 23.4 Å². The zero-order valence-corrected chi connectivity index (χ0v) is 19.0. The van der Waals surface area contributed by atoms with Gasteiger partial charge in [0.2, 0.25) is 9.84 Å². The number of hydrogen-bond donors (Lipinski definition) is 1. The number of pyridine rings is 1. The van der Waals surface area contributed by atoms with Gasteiger partial charge in [0.25, 0.3) is 0 Å². The molecule has 0 aliphatic carbocycles. The zero-order chi connectivity index (χ0) is 25.2. The molecular formula is C25H18F4N2O3S. The van der Waals surface area contributed by atoms with Crippen molar-refractivity contribution in [1.82, 2.24) is 4.98 Å². The molecule has 0 bridgehead atoms. The van der Waals surface area contributed by atoms with Crippen LogP contribution in [0.1, 0.15) is 11.1 Å². The van der Waals surface area contributed by atoms with Gasteiger partial charge in [-0.3, -0.25) is 0 Å². The van der Waals surface area contributed by atoms with Crippen LogP contribution in [0.3, 0.4) is 0 Å². The highest BCUT2D eigenvalue weighted by atomic mass is 32.2. The van der Waals surface area contributed by atoms with Crippen molar-refractivity contribution < 1.29 is 30.7 Å². The van der Waals surface area contributed by atoms with Crippen molar-refractivity contribution in [2.75, 3.05) is 5.32 Å². The summed E-state index contributed by atoms with van der Waals surface area (Å²) < 4.78 is 87.2. The summed E-state index contributed by atoms with van der Waals surface area (Å²) in [5, 5.41) is 2.29. The van der Waals surface area contributed by atoms with Crippen LogP contribution in [-0.4, -0.2) is 13.4 Å². The lowest BCUT2D eigenvalue weighted by atomic mass is 10.2. The number of halogens is 4. The van der Waals surface area contributed by atoms with Gasteiger partial charge in [0, 0.05) is 12.1 Å². The van der Waals surface area contributed by atoms with Gasteiger partial charge in [0.15, 0.2) is 28.3 Å².